The van der Waals surface area contributed by atoms with Crippen molar-refractivity contribution < 1.29 is 28.2 Å². The van der Waals surface area contributed by atoms with Crippen molar-refractivity contribution in [2.45, 2.75) is 19.4 Å². The van der Waals surface area contributed by atoms with E-state index in [4.69, 9.17) is 9.15 Å². The Labute approximate surface area is 143 Å². The number of amides is 1. The number of hydrogen-bond donors (Lipinski definition) is 1. The Hall–Kier alpha value is -2.83. The summed E-state index contributed by atoms with van der Waals surface area (Å²) in [5.74, 6) is -2.65. The van der Waals surface area contributed by atoms with E-state index >= 15 is 0 Å². The van der Waals surface area contributed by atoms with Crippen LogP contribution in [-0.2, 0) is 16.1 Å². The first-order chi connectivity index (χ1) is 12.0. The molecule has 0 radical (unpaired) electrons. The number of carboxylic acids is 1. The van der Waals surface area contributed by atoms with E-state index in [0.717, 1.165) is 0 Å². The molecule has 25 heavy (non-hydrogen) atoms. The number of methoxy groups -OCH3 is 1. The molecular formula is C18H18FNO5. The van der Waals surface area contributed by atoms with E-state index in [2.05, 4.69) is 0 Å². The Morgan fingerprint density at radius 3 is 2.60 bits per heavy atom. The lowest BCUT2D eigenvalue weighted by Crippen LogP contribution is -2.46. The number of ether oxygens (including phenoxy) is 1. The van der Waals surface area contributed by atoms with E-state index in [1.165, 1.54) is 30.4 Å². The van der Waals surface area contributed by atoms with Crippen LogP contribution < -0.4 is 9.64 Å². The van der Waals surface area contributed by atoms with Gasteiger partial charge in [-0.3, -0.25) is 9.59 Å². The molecule has 1 heterocycles. The van der Waals surface area contributed by atoms with Gasteiger partial charge in [0.2, 0.25) is 5.91 Å². The van der Waals surface area contributed by atoms with E-state index in [9.17, 15) is 19.1 Å². The van der Waals surface area contributed by atoms with Gasteiger partial charge in [-0.2, -0.15) is 0 Å². The van der Waals surface area contributed by atoms with Gasteiger partial charge < -0.3 is 19.2 Å². The summed E-state index contributed by atoms with van der Waals surface area (Å²) in [6.45, 7) is 0.0977. The lowest BCUT2D eigenvalue weighted by Gasteiger charge is -2.36. The molecule has 0 spiro atoms. The maximum Gasteiger partial charge on any atom is 0.307 e. The molecule has 2 aromatic rings. The van der Waals surface area contributed by atoms with Gasteiger partial charge in [-0.05, 0) is 37.1 Å². The Morgan fingerprint density at radius 1 is 1.32 bits per heavy atom. The molecule has 1 saturated carbocycles. The van der Waals surface area contributed by atoms with Crippen LogP contribution in [0.4, 0.5) is 10.1 Å². The maximum atomic E-state index is 14.1. The summed E-state index contributed by atoms with van der Waals surface area (Å²) < 4.78 is 24.3. The van der Waals surface area contributed by atoms with Crippen molar-refractivity contribution in [2.75, 3.05) is 12.0 Å². The van der Waals surface area contributed by atoms with Crippen molar-refractivity contribution in [1.82, 2.24) is 0 Å². The number of furan rings is 1. The zero-order chi connectivity index (χ0) is 18.0. The minimum atomic E-state index is -0.983. The highest BCUT2D eigenvalue weighted by Crippen LogP contribution is 2.37. The highest BCUT2D eigenvalue weighted by atomic mass is 19.1. The molecule has 6 nitrogen and oxygen atoms in total. The number of carboxylic acid groups (broad SMARTS) is 1. The zero-order valence-electron chi connectivity index (χ0n) is 13.6. The van der Waals surface area contributed by atoms with Crippen LogP contribution in [-0.4, -0.2) is 24.1 Å². The van der Waals surface area contributed by atoms with Crippen LogP contribution in [0.1, 0.15) is 18.6 Å². The van der Waals surface area contributed by atoms with Gasteiger partial charge in [0.1, 0.15) is 5.76 Å². The van der Waals surface area contributed by atoms with Gasteiger partial charge in [0.15, 0.2) is 11.6 Å². The summed E-state index contributed by atoms with van der Waals surface area (Å²) >= 11 is 0. The molecule has 1 aromatic heterocycles. The third-order valence-electron chi connectivity index (χ3n) is 4.52. The predicted molar refractivity (Wildman–Crippen MR) is 86.7 cm³/mol. The van der Waals surface area contributed by atoms with E-state index in [-0.39, 0.29) is 18.2 Å². The van der Waals surface area contributed by atoms with Crippen LogP contribution >= 0.6 is 0 Å². The lowest BCUT2D eigenvalue weighted by atomic mass is 9.73. The average Bonchev–Trinajstić information content (AvgIpc) is 3.04. The number of nitrogens with zero attached hydrogens (tertiary/aromatic N) is 1. The number of carbonyl (C=O) groups excluding carboxylic acids is 1. The van der Waals surface area contributed by atoms with Gasteiger partial charge in [-0.15, -0.1) is 0 Å². The highest BCUT2D eigenvalue weighted by molar-refractivity contribution is 5.98. The lowest BCUT2D eigenvalue weighted by molar-refractivity contribution is -0.152. The number of aliphatic carboxylic acids is 1. The average molecular weight is 347 g/mol. The summed E-state index contributed by atoms with van der Waals surface area (Å²) in [4.78, 5) is 25.5. The van der Waals surface area contributed by atoms with Crippen molar-refractivity contribution >= 4 is 17.6 Å². The second-order valence-corrected chi connectivity index (χ2v) is 5.95. The number of halogens is 1. The van der Waals surface area contributed by atoms with Crippen LogP contribution in [0, 0.1) is 17.7 Å². The quantitative estimate of drug-likeness (QED) is 0.869. The van der Waals surface area contributed by atoms with Gasteiger partial charge in [-0.25, -0.2) is 4.39 Å². The molecule has 1 amide bonds. The van der Waals surface area contributed by atoms with Crippen molar-refractivity contribution in [1.29, 1.82) is 0 Å². The molecule has 1 N–H and O–H groups in total. The summed E-state index contributed by atoms with van der Waals surface area (Å²) in [6, 6.07) is 7.60. The van der Waals surface area contributed by atoms with Gasteiger partial charge >= 0.3 is 5.97 Å². The van der Waals surface area contributed by atoms with Crippen LogP contribution in [0.5, 0.6) is 5.75 Å². The molecule has 3 rings (SSSR count). The number of hydrogen-bond acceptors (Lipinski definition) is 4. The largest absolute Gasteiger partial charge is 0.494 e. The molecule has 1 aromatic carbocycles. The fraction of sp³-hybridized carbons (Fsp3) is 0.333. The first-order valence-corrected chi connectivity index (χ1v) is 7.91. The summed E-state index contributed by atoms with van der Waals surface area (Å²) in [5, 5.41) is 9.21. The molecule has 7 heteroatoms. The molecule has 0 unspecified atom stereocenters. The number of benzene rings is 1. The molecule has 1 aliphatic carbocycles. The number of anilines is 1. The van der Waals surface area contributed by atoms with E-state index in [0.29, 0.717) is 24.3 Å². The second-order valence-electron chi connectivity index (χ2n) is 5.95. The number of carbonyl (C=O) groups is 2. The van der Waals surface area contributed by atoms with Crippen molar-refractivity contribution in [2.24, 2.45) is 11.8 Å². The molecule has 0 saturated heterocycles. The van der Waals surface area contributed by atoms with Crippen molar-refractivity contribution in [3.63, 3.8) is 0 Å². The van der Waals surface area contributed by atoms with Gasteiger partial charge in [0, 0.05) is 11.8 Å². The molecule has 132 valence electrons. The topological polar surface area (TPSA) is 80.0 Å². The van der Waals surface area contributed by atoms with E-state index in [1.807, 2.05) is 0 Å². The van der Waals surface area contributed by atoms with Crippen LogP contribution in [0.2, 0.25) is 0 Å². The SMILES string of the molecule is COc1ccc(N(Cc2ccco2)C(=O)[C@@H]2CC[C@H]2C(=O)O)cc1F. The fourth-order valence-corrected chi connectivity index (χ4v) is 2.97. The van der Waals surface area contributed by atoms with Gasteiger partial charge in [0.25, 0.3) is 0 Å². The third kappa shape index (κ3) is 3.35. The Morgan fingerprint density at radius 2 is 2.08 bits per heavy atom. The molecule has 0 bridgehead atoms. The molecule has 0 aliphatic heterocycles. The van der Waals surface area contributed by atoms with Crippen LogP contribution in [0.25, 0.3) is 0 Å². The van der Waals surface area contributed by atoms with Crippen molar-refractivity contribution in [3.8, 4) is 5.75 Å². The molecule has 2 atom stereocenters. The molecular weight excluding hydrogens is 329 g/mol. The minimum Gasteiger partial charge on any atom is -0.494 e. The standard InChI is InChI=1S/C18H18FNO5/c1-24-16-7-4-11(9-15(16)19)20(10-12-3-2-8-25-12)17(21)13-5-6-14(13)18(22)23/h2-4,7-9,13-14H,5-6,10H2,1H3,(H,22,23)/t13-,14-/m1/s1. The van der Waals surface area contributed by atoms with Gasteiger partial charge in [-0.1, -0.05) is 0 Å². The van der Waals surface area contributed by atoms with Crippen molar-refractivity contribution in [3.05, 3.63) is 48.2 Å². The van der Waals surface area contributed by atoms with Crippen LogP contribution in [0.3, 0.4) is 0 Å². The minimum absolute atomic E-state index is 0.0706. The monoisotopic (exact) mass is 347 g/mol. The summed E-state index contributed by atoms with van der Waals surface area (Å²) in [6.07, 6.45) is 2.45. The zero-order valence-corrected chi connectivity index (χ0v) is 13.6. The van der Waals surface area contributed by atoms with Gasteiger partial charge in [0.05, 0.1) is 31.8 Å². The third-order valence-corrected chi connectivity index (χ3v) is 4.52. The first-order valence-electron chi connectivity index (χ1n) is 7.91. The Bertz CT molecular complexity index is 774. The normalized spacial score (nSPS) is 19.1. The number of rotatable bonds is 6. The van der Waals surface area contributed by atoms with E-state index in [1.54, 1.807) is 18.2 Å². The summed E-state index contributed by atoms with van der Waals surface area (Å²) in [5.41, 5.74) is 0.329. The molecule has 1 fully saturated rings. The molecule has 1 aliphatic rings. The first kappa shape index (κ1) is 17.0. The maximum absolute atomic E-state index is 14.1. The predicted octanol–water partition coefficient (Wildman–Crippen LogP) is 3.07. The highest BCUT2D eigenvalue weighted by Gasteiger charge is 2.43. The Kier molecular flexibility index (Phi) is 4.74. The van der Waals surface area contributed by atoms with E-state index < -0.39 is 23.6 Å². The smallest absolute Gasteiger partial charge is 0.307 e. The fourth-order valence-electron chi connectivity index (χ4n) is 2.97. The second kappa shape index (κ2) is 6.96. The van der Waals surface area contributed by atoms with Crippen LogP contribution in [0.15, 0.2) is 41.0 Å². The summed E-state index contributed by atoms with van der Waals surface area (Å²) in [7, 11) is 1.36. The Balaban J connectivity index is 1.91.